The number of fused-ring (bicyclic) bond motifs is 1. The number of hydrogen-bond donors (Lipinski definition) is 2. The number of carbonyl (C=O) groups excluding carboxylic acids is 2. The third-order valence-electron chi connectivity index (χ3n) is 6.36. The highest BCUT2D eigenvalue weighted by molar-refractivity contribution is 6.13. The summed E-state index contributed by atoms with van der Waals surface area (Å²) >= 11 is 0. The first-order valence-corrected chi connectivity index (χ1v) is 12.1. The number of aryl methyl sites for hydroxylation is 2. The highest BCUT2D eigenvalue weighted by Gasteiger charge is 2.26. The molecular weight excluding hydrogens is 470 g/mol. The number of piperazine rings is 1. The molecule has 5 rings (SSSR count). The Labute approximate surface area is 214 Å². The zero-order valence-corrected chi connectivity index (χ0v) is 21.1. The zero-order valence-electron chi connectivity index (χ0n) is 21.1. The van der Waals surface area contributed by atoms with Gasteiger partial charge in [0.15, 0.2) is 5.65 Å². The second-order valence-corrected chi connectivity index (χ2v) is 9.07. The number of ether oxygens (including phenoxy) is 1. The van der Waals surface area contributed by atoms with Crippen molar-refractivity contribution >= 4 is 34.3 Å². The van der Waals surface area contributed by atoms with Crippen LogP contribution in [-0.2, 0) is 7.05 Å². The minimum atomic E-state index is -0.644. The second kappa shape index (κ2) is 10.3. The largest absolute Gasteiger partial charge is 0.457 e. The summed E-state index contributed by atoms with van der Waals surface area (Å²) in [7, 11) is 3.91. The van der Waals surface area contributed by atoms with Gasteiger partial charge in [-0.1, -0.05) is 24.3 Å². The predicted molar refractivity (Wildman–Crippen MR) is 142 cm³/mol. The first kappa shape index (κ1) is 24.3. The highest BCUT2D eigenvalue weighted by Crippen LogP contribution is 2.32. The molecule has 0 unspecified atom stereocenters. The number of aromatic nitrogens is 3. The van der Waals surface area contributed by atoms with Crippen LogP contribution in [0, 0.1) is 6.92 Å². The van der Waals surface area contributed by atoms with Crippen LogP contribution in [0.3, 0.4) is 0 Å². The van der Waals surface area contributed by atoms with Crippen molar-refractivity contribution in [3.8, 4) is 11.5 Å². The molecule has 1 saturated heterocycles. The summed E-state index contributed by atoms with van der Waals surface area (Å²) in [6.45, 7) is 5.15. The van der Waals surface area contributed by atoms with Gasteiger partial charge in [0.25, 0.3) is 5.91 Å². The van der Waals surface area contributed by atoms with Gasteiger partial charge in [0.05, 0.1) is 22.3 Å². The molecule has 0 atom stereocenters. The maximum Gasteiger partial charge on any atom is 0.326 e. The van der Waals surface area contributed by atoms with E-state index in [2.05, 4.69) is 37.6 Å². The number of anilines is 2. The number of nitrogens with one attached hydrogen (secondary N) is 2. The van der Waals surface area contributed by atoms with E-state index in [0.717, 1.165) is 42.9 Å². The Morgan fingerprint density at radius 3 is 2.43 bits per heavy atom. The van der Waals surface area contributed by atoms with E-state index in [0.29, 0.717) is 28.4 Å². The molecule has 1 fully saturated rings. The standard InChI is InChI=1S/C27H29N7O3/c1-18-23-24(34-14-12-32(2)13-15-34)22(17-28-25(23)33(3)31-18)26(35)30-27(36)29-19-8-7-11-21(16-19)37-20-9-5-4-6-10-20/h4-11,16-17H,12-15H2,1-3H3,(H2,29,30,35,36). The van der Waals surface area contributed by atoms with Gasteiger partial charge in [-0.2, -0.15) is 5.10 Å². The van der Waals surface area contributed by atoms with Crippen LogP contribution in [0.1, 0.15) is 16.1 Å². The lowest BCUT2D eigenvalue weighted by Crippen LogP contribution is -2.45. The molecule has 0 radical (unpaired) electrons. The SMILES string of the molecule is Cc1nn(C)c2ncc(C(=O)NC(=O)Nc3cccc(Oc4ccccc4)c3)c(N3CCN(C)CC3)c12. The molecule has 2 aromatic heterocycles. The fourth-order valence-corrected chi connectivity index (χ4v) is 4.51. The fraction of sp³-hybridized carbons (Fsp3) is 0.259. The molecule has 10 nitrogen and oxygen atoms in total. The molecule has 10 heteroatoms. The third-order valence-corrected chi connectivity index (χ3v) is 6.36. The molecule has 190 valence electrons. The van der Waals surface area contributed by atoms with Gasteiger partial charge < -0.3 is 19.9 Å². The average molecular weight is 500 g/mol. The van der Waals surface area contributed by atoms with E-state index in [1.165, 1.54) is 6.20 Å². The minimum absolute atomic E-state index is 0.337. The van der Waals surface area contributed by atoms with E-state index < -0.39 is 11.9 Å². The van der Waals surface area contributed by atoms with Gasteiger partial charge >= 0.3 is 6.03 Å². The Morgan fingerprint density at radius 1 is 0.946 bits per heavy atom. The van der Waals surface area contributed by atoms with Crippen LogP contribution in [0.15, 0.2) is 60.8 Å². The number of hydrogen-bond acceptors (Lipinski definition) is 7. The van der Waals surface area contributed by atoms with Crippen molar-refractivity contribution in [2.24, 2.45) is 7.05 Å². The van der Waals surface area contributed by atoms with E-state index in [1.54, 1.807) is 28.9 Å². The number of imide groups is 1. The fourth-order valence-electron chi connectivity index (χ4n) is 4.51. The van der Waals surface area contributed by atoms with Crippen LogP contribution >= 0.6 is 0 Å². The summed E-state index contributed by atoms with van der Waals surface area (Å²) < 4.78 is 7.54. The predicted octanol–water partition coefficient (Wildman–Crippen LogP) is 3.78. The molecule has 37 heavy (non-hydrogen) atoms. The molecule has 0 spiro atoms. The monoisotopic (exact) mass is 499 g/mol. The van der Waals surface area contributed by atoms with Gasteiger partial charge in [0.1, 0.15) is 11.5 Å². The molecule has 1 aliphatic heterocycles. The number of pyridine rings is 1. The molecular formula is C27H29N7O3. The van der Waals surface area contributed by atoms with Gasteiger partial charge in [0, 0.05) is 51.2 Å². The Balaban J connectivity index is 1.36. The van der Waals surface area contributed by atoms with Crippen molar-refractivity contribution in [2.45, 2.75) is 6.92 Å². The van der Waals surface area contributed by atoms with E-state index >= 15 is 0 Å². The molecule has 2 aromatic carbocycles. The van der Waals surface area contributed by atoms with E-state index in [-0.39, 0.29) is 0 Å². The minimum Gasteiger partial charge on any atom is -0.457 e. The smallest absolute Gasteiger partial charge is 0.326 e. The van der Waals surface area contributed by atoms with Crippen LogP contribution < -0.4 is 20.3 Å². The molecule has 1 aliphatic rings. The molecule has 0 saturated carbocycles. The van der Waals surface area contributed by atoms with Crippen LogP contribution in [0.4, 0.5) is 16.2 Å². The highest BCUT2D eigenvalue weighted by atomic mass is 16.5. The maximum atomic E-state index is 13.3. The van der Waals surface area contributed by atoms with Crippen molar-refractivity contribution in [3.63, 3.8) is 0 Å². The molecule has 3 amide bonds. The van der Waals surface area contributed by atoms with Crippen LogP contribution in [0.25, 0.3) is 11.0 Å². The average Bonchev–Trinajstić information content (AvgIpc) is 3.18. The summed E-state index contributed by atoms with van der Waals surface area (Å²) in [5, 5.41) is 10.5. The Hall–Kier alpha value is -4.44. The number of nitrogens with zero attached hydrogens (tertiary/aromatic N) is 5. The second-order valence-electron chi connectivity index (χ2n) is 9.07. The molecule has 0 aliphatic carbocycles. The van der Waals surface area contributed by atoms with Gasteiger partial charge in [-0.05, 0) is 38.2 Å². The van der Waals surface area contributed by atoms with Gasteiger partial charge in [-0.3, -0.25) is 14.8 Å². The third kappa shape index (κ3) is 5.24. The summed E-state index contributed by atoms with van der Waals surface area (Å²) in [6, 6.07) is 15.7. The van der Waals surface area contributed by atoms with Crippen LogP contribution in [0.2, 0.25) is 0 Å². The normalized spacial score (nSPS) is 14.0. The van der Waals surface area contributed by atoms with Crippen molar-refractivity contribution in [3.05, 3.63) is 72.1 Å². The topological polar surface area (TPSA) is 105 Å². The summed E-state index contributed by atoms with van der Waals surface area (Å²) in [5.41, 5.74) is 3.07. The summed E-state index contributed by atoms with van der Waals surface area (Å²) in [6.07, 6.45) is 1.52. The molecule has 4 aromatic rings. The number of benzene rings is 2. The maximum absolute atomic E-state index is 13.3. The Kier molecular flexibility index (Phi) is 6.74. The van der Waals surface area contributed by atoms with Gasteiger partial charge in [-0.25, -0.2) is 9.78 Å². The summed E-state index contributed by atoms with van der Waals surface area (Å²) in [4.78, 5) is 35.0. The molecule has 2 N–H and O–H groups in total. The van der Waals surface area contributed by atoms with Gasteiger partial charge in [-0.15, -0.1) is 0 Å². The lowest BCUT2D eigenvalue weighted by atomic mass is 10.1. The Morgan fingerprint density at radius 2 is 1.68 bits per heavy atom. The first-order chi connectivity index (χ1) is 17.9. The van der Waals surface area contributed by atoms with Gasteiger partial charge in [0.2, 0.25) is 0 Å². The van der Waals surface area contributed by atoms with Crippen LogP contribution in [-0.4, -0.2) is 64.8 Å². The van der Waals surface area contributed by atoms with Crippen molar-refractivity contribution < 1.29 is 14.3 Å². The van der Waals surface area contributed by atoms with Crippen molar-refractivity contribution in [1.29, 1.82) is 0 Å². The van der Waals surface area contributed by atoms with E-state index in [1.807, 2.05) is 44.3 Å². The van der Waals surface area contributed by atoms with E-state index in [9.17, 15) is 9.59 Å². The summed E-state index contributed by atoms with van der Waals surface area (Å²) in [5.74, 6) is 0.722. The lowest BCUT2D eigenvalue weighted by molar-refractivity contribution is 0.0967. The van der Waals surface area contributed by atoms with Crippen molar-refractivity contribution in [1.82, 2.24) is 25.0 Å². The number of rotatable bonds is 5. The zero-order chi connectivity index (χ0) is 25.9. The van der Waals surface area contributed by atoms with Crippen molar-refractivity contribution in [2.75, 3.05) is 43.4 Å². The quantitative estimate of drug-likeness (QED) is 0.431. The van der Waals surface area contributed by atoms with E-state index in [4.69, 9.17) is 4.74 Å². The number of amides is 3. The molecule has 0 bridgehead atoms. The number of para-hydroxylation sites is 1. The lowest BCUT2D eigenvalue weighted by Gasteiger charge is -2.35. The number of likely N-dealkylation sites (N-methyl/N-ethyl adjacent to an activating group) is 1. The molecule has 3 heterocycles. The van der Waals surface area contributed by atoms with Crippen LogP contribution in [0.5, 0.6) is 11.5 Å². The number of carbonyl (C=O) groups is 2. The Bertz CT molecular complexity index is 1440. The first-order valence-electron chi connectivity index (χ1n) is 12.1. The number of urea groups is 1.